The van der Waals surface area contributed by atoms with Crippen LogP contribution < -0.4 is 4.74 Å². The number of nitrogens with zero attached hydrogens (tertiary/aromatic N) is 2. The molecule has 1 N–H and O–H groups in total. The molecule has 0 aliphatic heterocycles. The van der Waals surface area contributed by atoms with E-state index >= 15 is 0 Å². The Morgan fingerprint density at radius 1 is 1.19 bits per heavy atom. The quantitative estimate of drug-likeness (QED) is 0.704. The minimum absolute atomic E-state index is 0.523. The Labute approximate surface area is 135 Å². The fourth-order valence-corrected chi connectivity index (χ4v) is 2.79. The third-order valence-corrected chi connectivity index (χ3v) is 3.85. The van der Waals surface area contributed by atoms with Gasteiger partial charge in [-0.2, -0.15) is 5.10 Å². The Morgan fingerprint density at radius 3 is 2.76 bits per heavy atom. The van der Waals surface area contributed by atoms with E-state index in [1.54, 1.807) is 7.11 Å². The number of hydrogen-bond donors (Lipinski definition) is 1. The molecule has 21 heavy (non-hydrogen) atoms. The number of benzene rings is 2. The van der Waals surface area contributed by atoms with Crippen molar-refractivity contribution < 1.29 is 4.74 Å². The summed E-state index contributed by atoms with van der Waals surface area (Å²) < 4.78 is 8.80. The van der Waals surface area contributed by atoms with Crippen molar-refractivity contribution in [1.29, 1.82) is 0 Å². The minimum atomic E-state index is 0.523. The van der Waals surface area contributed by atoms with Gasteiger partial charge in [0.25, 0.3) is 0 Å². The van der Waals surface area contributed by atoms with Crippen LogP contribution in [0.15, 0.2) is 53.0 Å². The molecule has 0 saturated carbocycles. The van der Waals surface area contributed by atoms with Crippen LogP contribution in [-0.2, 0) is 0 Å². The molecule has 0 aliphatic carbocycles. The standard InChI is InChI=1S/C15H12BrN3OS/c1-20-13-8-3-2-7-12(13)19-14(17-18-15(19)21)10-5-4-6-11(16)9-10/h2-9H,1H3,(H,18,21). The number of hydrogen-bond acceptors (Lipinski definition) is 3. The molecule has 0 atom stereocenters. The molecule has 1 aromatic heterocycles. The van der Waals surface area contributed by atoms with Crippen molar-refractivity contribution in [3.63, 3.8) is 0 Å². The highest BCUT2D eigenvalue weighted by atomic mass is 79.9. The number of para-hydroxylation sites is 2. The maximum Gasteiger partial charge on any atom is 0.200 e. The van der Waals surface area contributed by atoms with E-state index in [0.29, 0.717) is 4.77 Å². The van der Waals surface area contributed by atoms with Crippen LogP contribution in [0.1, 0.15) is 0 Å². The van der Waals surface area contributed by atoms with Gasteiger partial charge in [-0.1, -0.05) is 40.2 Å². The van der Waals surface area contributed by atoms with Crippen LogP contribution in [0.5, 0.6) is 5.75 Å². The Hall–Kier alpha value is -1.92. The molecule has 0 amide bonds. The summed E-state index contributed by atoms with van der Waals surface area (Å²) in [5.74, 6) is 1.48. The molecule has 106 valence electrons. The van der Waals surface area contributed by atoms with E-state index in [-0.39, 0.29) is 0 Å². The van der Waals surface area contributed by atoms with Gasteiger partial charge in [0, 0.05) is 10.0 Å². The second-order valence-corrected chi connectivity index (χ2v) is 5.67. The van der Waals surface area contributed by atoms with Crippen molar-refractivity contribution in [3.8, 4) is 22.8 Å². The topological polar surface area (TPSA) is 42.8 Å². The average Bonchev–Trinajstić information content (AvgIpc) is 2.89. The van der Waals surface area contributed by atoms with E-state index in [4.69, 9.17) is 17.0 Å². The summed E-state index contributed by atoms with van der Waals surface area (Å²) in [7, 11) is 1.64. The average molecular weight is 362 g/mol. The maximum absolute atomic E-state index is 5.42. The lowest BCUT2D eigenvalue weighted by Gasteiger charge is -2.11. The lowest BCUT2D eigenvalue weighted by atomic mass is 10.2. The number of nitrogens with one attached hydrogen (secondary N) is 1. The van der Waals surface area contributed by atoms with Gasteiger partial charge in [-0.05, 0) is 36.5 Å². The molecule has 2 aromatic carbocycles. The third-order valence-electron chi connectivity index (χ3n) is 3.08. The number of H-pyrrole nitrogens is 1. The summed E-state index contributed by atoms with van der Waals surface area (Å²) in [6, 6.07) is 15.6. The lowest BCUT2D eigenvalue weighted by Crippen LogP contribution is -2.00. The van der Waals surface area contributed by atoms with Crippen molar-refractivity contribution in [2.45, 2.75) is 0 Å². The first-order chi connectivity index (χ1) is 10.2. The van der Waals surface area contributed by atoms with Crippen molar-refractivity contribution >= 4 is 28.1 Å². The Balaban J connectivity index is 2.25. The monoisotopic (exact) mass is 361 g/mol. The van der Waals surface area contributed by atoms with E-state index in [2.05, 4.69) is 26.1 Å². The van der Waals surface area contributed by atoms with Crippen LogP contribution in [0, 0.1) is 4.77 Å². The number of aromatic amines is 1. The van der Waals surface area contributed by atoms with Crippen molar-refractivity contribution in [1.82, 2.24) is 14.8 Å². The third kappa shape index (κ3) is 2.64. The molecule has 0 aliphatic rings. The molecule has 3 aromatic rings. The predicted octanol–water partition coefficient (Wildman–Crippen LogP) is 4.37. The van der Waals surface area contributed by atoms with Crippen LogP contribution in [0.2, 0.25) is 0 Å². The summed E-state index contributed by atoms with van der Waals surface area (Å²) in [6.07, 6.45) is 0. The highest BCUT2D eigenvalue weighted by Crippen LogP contribution is 2.28. The zero-order valence-corrected chi connectivity index (χ0v) is 13.6. The van der Waals surface area contributed by atoms with Gasteiger partial charge in [0.15, 0.2) is 10.6 Å². The Bertz CT molecular complexity index is 841. The second kappa shape index (κ2) is 5.83. The van der Waals surface area contributed by atoms with Crippen LogP contribution in [0.25, 0.3) is 17.1 Å². The van der Waals surface area contributed by atoms with E-state index in [0.717, 1.165) is 27.3 Å². The lowest BCUT2D eigenvalue weighted by molar-refractivity contribution is 0.413. The summed E-state index contributed by atoms with van der Waals surface area (Å²) in [5.41, 5.74) is 1.82. The number of aromatic nitrogens is 3. The first-order valence-electron chi connectivity index (χ1n) is 6.27. The largest absolute Gasteiger partial charge is 0.495 e. The van der Waals surface area contributed by atoms with Crippen LogP contribution in [-0.4, -0.2) is 21.9 Å². The minimum Gasteiger partial charge on any atom is -0.495 e. The first-order valence-corrected chi connectivity index (χ1v) is 7.47. The zero-order valence-electron chi connectivity index (χ0n) is 11.2. The van der Waals surface area contributed by atoms with Gasteiger partial charge < -0.3 is 4.74 Å². The van der Waals surface area contributed by atoms with Gasteiger partial charge in [0.2, 0.25) is 0 Å². The summed E-state index contributed by atoms with van der Waals surface area (Å²) in [6.45, 7) is 0. The summed E-state index contributed by atoms with van der Waals surface area (Å²) in [4.78, 5) is 0. The molecule has 4 nitrogen and oxygen atoms in total. The normalized spacial score (nSPS) is 10.6. The van der Waals surface area contributed by atoms with Gasteiger partial charge in [0.05, 0.1) is 12.8 Å². The molecule has 0 radical (unpaired) electrons. The van der Waals surface area contributed by atoms with E-state index in [1.807, 2.05) is 53.1 Å². The summed E-state index contributed by atoms with van der Waals surface area (Å²) in [5, 5.41) is 7.20. The van der Waals surface area contributed by atoms with Gasteiger partial charge in [-0.15, -0.1) is 0 Å². The Morgan fingerprint density at radius 2 is 2.00 bits per heavy atom. The number of ether oxygens (including phenoxy) is 1. The fourth-order valence-electron chi connectivity index (χ4n) is 2.16. The van der Waals surface area contributed by atoms with E-state index in [9.17, 15) is 0 Å². The molecular formula is C15H12BrN3OS. The smallest absolute Gasteiger partial charge is 0.200 e. The molecule has 6 heteroatoms. The molecule has 0 bridgehead atoms. The summed E-state index contributed by atoms with van der Waals surface area (Å²) >= 11 is 8.85. The van der Waals surface area contributed by atoms with Gasteiger partial charge in [-0.3, -0.25) is 9.67 Å². The molecule has 0 fully saturated rings. The SMILES string of the molecule is COc1ccccc1-n1c(-c2cccc(Br)c2)n[nH]c1=S. The number of rotatable bonds is 3. The van der Waals surface area contributed by atoms with Crippen LogP contribution in [0.4, 0.5) is 0 Å². The molecule has 3 rings (SSSR count). The van der Waals surface area contributed by atoms with Gasteiger partial charge in [0.1, 0.15) is 5.75 Å². The van der Waals surface area contributed by atoms with Crippen LogP contribution >= 0.6 is 28.1 Å². The first kappa shape index (κ1) is 14.0. The fraction of sp³-hybridized carbons (Fsp3) is 0.0667. The molecule has 1 heterocycles. The predicted molar refractivity (Wildman–Crippen MR) is 88.4 cm³/mol. The van der Waals surface area contributed by atoms with Crippen LogP contribution in [0.3, 0.4) is 0 Å². The Kier molecular flexibility index (Phi) is 3.90. The van der Waals surface area contributed by atoms with Crippen molar-refractivity contribution in [2.24, 2.45) is 0 Å². The van der Waals surface area contributed by atoms with Crippen molar-refractivity contribution in [3.05, 3.63) is 57.8 Å². The number of halogens is 1. The van der Waals surface area contributed by atoms with Crippen molar-refractivity contribution in [2.75, 3.05) is 7.11 Å². The maximum atomic E-state index is 5.42. The number of methoxy groups -OCH3 is 1. The molecule has 0 spiro atoms. The highest BCUT2D eigenvalue weighted by molar-refractivity contribution is 9.10. The second-order valence-electron chi connectivity index (χ2n) is 4.37. The zero-order chi connectivity index (χ0) is 14.8. The molecule has 0 unspecified atom stereocenters. The van der Waals surface area contributed by atoms with E-state index < -0.39 is 0 Å². The molecule has 0 saturated heterocycles. The molecular weight excluding hydrogens is 350 g/mol. The van der Waals surface area contributed by atoms with E-state index in [1.165, 1.54) is 0 Å². The van der Waals surface area contributed by atoms with Gasteiger partial charge in [-0.25, -0.2) is 0 Å². The van der Waals surface area contributed by atoms with Gasteiger partial charge >= 0.3 is 0 Å². The highest BCUT2D eigenvalue weighted by Gasteiger charge is 2.14.